The minimum atomic E-state index is -3.31. The van der Waals surface area contributed by atoms with E-state index in [1.54, 1.807) is 0 Å². The molecule has 24 heavy (non-hydrogen) atoms. The Hall–Kier alpha value is -1.69. The lowest BCUT2D eigenvalue weighted by molar-refractivity contribution is 0.0408. The molecule has 5 heteroatoms. The summed E-state index contributed by atoms with van der Waals surface area (Å²) in [5.41, 5.74) is 1.65. The number of benzene rings is 2. The Morgan fingerprint density at radius 3 is 1.88 bits per heavy atom. The Kier molecular flexibility index (Phi) is 5.66. The van der Waals surface area contributed by atoms with Gasteiger partial charge in [0.05, 0.1) is 19.0 Å². The SMILES string of the molecule is O=S(=O)(CCN1CCOCC1)C(c1ccccc1)c1ccccc1. The van der Waals surface area contributed by atoms with Crippen LogP contribution in [0.1, 0.15) is 16.4 Å². The lowest BCUT2D eigenvalue weighted by Crippen LogP contribution is -2.39. The van der Waals surface area contributed by atoms with Gasteiger partial charge in [-0.15, -0.1) is 0 Å². The summed E-state index contributed by atoms with van der Waals surface area (Å²) in [7, 11) is -3.31. The van der Waals surface area contributed by atoms with E-state index in [-0.39, 0.29) is 5.75 Å². The minimum absolute atomic E-state index is 0.154. The molecule has 1 saturated heterocycles. The second kappa shape index (κ2) is 7.92. The minimum Gasteiger partial charge on any atom is -0.379 e. The molecule has 2 aromatic carbocycles. The summed E-state index contributed by atoms with van der Waals surface area (Å²) in [5.74, 6) is 0.154. The molecule has 0 N–H and O–H groups in total. The Morgan fingerprint density at radius 2 is 1.38 bits per heavy atom. The van der Waals surface area contributed by atoms with E-state index in [0.717, 1.165) is 24.2 Å². The van der Waals surface area contributed by atoms with Gasteiger partial charge in [-0.2, -0.15) is 0 Å². The molecular weight excluding hydrogens is 322 g/mol. The van der Waals surface area contributed by atoms with Gasteiger partial charge in [0.1, 0.15) is 5.25 Å². The molecule has 4 nitrogen and oxygen atoms in total. The third-order valence-corrected chi connectivity index (χ3v) is 6.37. The van der Waals surface area contributed by atoms with E-state index in [1.165, 1.54) is 0 Å². The number of hydrogen-bond donors (Lipinski definition) is 0. The van der Waals surface area contributed by atoms with Gasteiger partial charge >= 0.3 is 0 Å². The van der Waals surface area contributed by atoms with Gasteiger partial charge in [0.25, 0.3) is 0 Å². The van der Waals surface area contributed by atoms with Crippen LogP contribution in [0.5, 0.6) is 0 Å². The van der Waals surface area contributed by atoms with E-state index < -0.39 is 15.1 Å². The van der Waals surface area contributed by atoms with Crippen molar-refractivity contribution in [3.8, 4) is 0 Å². The van der Waals surface area contributed by atoms with Gasteiger partial charge in [0, 0.05) is 19.6 Å². The maximum Gasteiger partial charge on any atom is 0.162 e. The normalized spacial score (nSPS) is 16.4. The van der Waals surface area contributed by atoms with E-state index in [9.17, 15) is 8.42 Å². The molecule has 0 radical (unpaired) electrons. The fourth-order valence-corrected chi connectivity index (χ4v) is 4.95. The van der Waals surface area contributed by atoms with E-state index in [2.05, 4.69) is 4.90 Å². The monoisotopic (exact) mass is 345 g/mol. The molecule has 2 aromatic rings. The highest BCUT2D eigenvalue weighted by molar-refractivity contribution is 7.91. The summed E-state index contributed by atoms with van der Waals surface area (Å²) in [6.07, 6.45) is 0. The van der Waals surface area contributed by atoms with E-state index >= 15 is 0 Å². The molecule has 1 aliphatic rings. The first-order chi connectivity index (χ1) is 11.7. The van der Waals surface area contributed by atoms with Crippen molar-refractivity contribution in [1.29, 1.82) is 0 Å². The zero-order chi connectivity index (χ0) is 16.8. The topological polar surface area (TPSA) is 46.6 Å². The summed E-state index contributed by atoms with van der Waals surface area (Å²) in [6.45, 7) is 3.53. The molecule has 0 atom stereocenters. The van der Waals surface area contributed by atoms with Crippen LogP contribution in [0.4, 0.5) is 0 Å². The van der Waals surface area contributed by atoms with Crippen LogP contribution in [0.25, 0.3) is 0 Å². The fraction of sp³-hybridized carbons (Fsp3) is 0.368. The van der Waals surface area contributed by atoms with Gasteiger partial charge in [-0.3, -0.25) is 4.90 Å². The molecule has 0 bridgehead atoms. The number of nitrogens with zero attached hydrogens (tertiary/aromatic N) is 1. The van der Waals surface area contributed by atoms with E-state index in [1.807, 2.05) is 60.7 Å². The van der Waals surface area contributed by atoms with Crippen LogP contribution < -0.4 is 0 Å². The molecule has 3 rings (SSSR count). The Labute approximate surface area is 144 Å². The average Bonchev–Trinajstić information content (AvgIpc) is 2.63. The van der Waals surface area contributed by atoms with Gasteiger partial charge in [-0.05, 0) is 11.1 Å². The Bertz CT molecular complexity index is 686. The lowest BCUT2D eigenvalue weighted by Gasteiger charge is -2.27. The van der Waals surface area contributed by atoms with Crippen molar-refractivity contribution < 1.29 is 13.2 Å². The van der Waals surface area contributed by atoms with Crippen molar-refractivity contribution in [2.24, 2.45) is 0 Å². The first kappa shape index (κ1) is 17.1. The van der Waals surface area contributed by atoms with Crippen molar-refractivity contribution >= 4 is 9.84 Å². The number of ether oxygens (including phenoxy) is 1. The van der Waals surface area contributed by atoms with Crippen molar-refractivity contribution in [2.75, 3.05) is 38.6 Å². The summed E-state index contributed by atoms with van der Waals surface area (Å²) < 4.78 is 31.6. The predicted molar refractivity (Wildman–Crippen MR) is 95.8 cm³/mol. The smallest absolute Gasteiger partial charge is 0.162 e. The molecule has 0 spiro atoms. The lowest BCUT2D eigenvalue weighted by atomic mass is 10.0. The van der Waals surface area contributed by atoms with Crippen molar-refractivity contribution in [1.82, 2.24) is 4.90 Å². The Balaban J connectivity index is 1.84. The second-order valence-corrected chi connectivity index (χ2v) is 8.23. The largest absolute Gasteiger partial charge is 0.379 e. The molecule has 1 aliphatic heterocycles. The van der Waals surface area contributed by atoms with Gasteiger partial charge in [-0.1, -0.05) is 60.7 Å². The number of sulfone groups is 1. The van der Waals surface area contributed by atoms with Gasteiger partial charge in [0.15, 0.2) is 9.84 Å². The van der Waals surface area contributed by atoms with Crippen molar-refractivity contribution in [3.63, 3.8) is 0 Å². The maximum atomic E-state index is 13.1. The molecule has 0 unspecified atom stereocenters. The Morgan fingerprint density at radius 1 is 0.875 bits per heavy atom. The zero-order valence-electron chi connectivity index (χ0n) is 13.7. The highest BCUT2D eigenvalue weighted by atomic mass is 32.2. The standard InChI is InChI=1S/C19H23NO3S/c21-24(22,16-13-20-11-14-23-15-12-20)19(17-7-3-1-4-8-17)18-9-5-2-6-10-18/h1-10,19H,11-16H2. The molecule has 128 valence electrons. The summed E-state index contributed by atoms with van der Waals surface area (Å²) in [6, 6.07) is 19.0. The summed E-state index contributed by atoms with van der Waals surface area (Å²) in [5, 5.41) is -0.610. The fourth-order valence-electron chi connectivity index (χ4n) is 3.06. The first-order valence-electron chi connectivity index (χ1n) is 8.28. The highest BCUT2D eigenvalue weighted by Gasteiger charge is 2.29. The van der Waals surface area contributed by atoms with Crippen LogP contribution in [-0.2, 0) is 14.6 Å². The van der Waals surface area contributed by atoms with Crippen LogP contribution in [-0.4, -0.2) is 51.9 Å². The summed E-state index contributed by atoms with van der Waals surface area (Å²) in [4.78, 5) is 2.16. The highest BCUT2D eigenvalue weighted by Crippen LogP contribution is 2.30. The van der Waals surface area contributed by atoms with Crippen LogP contribution in [0.2, 0.25) is 0 Å². The van der Waals surface area contributed by atoms with Crippen LogP contribution in [0.15, 0.2) is 60.7 Å². The molecule has 0 amide bonds. The summed E-state index contributed by atoms with van der Waals surface area (Å²) >= 11 is 0. The predicted octanol–water partition coefficient (Wildman–Crippen LogP) is 2.52. The van der Waals surface area contributed by atoms with Gasteiger partial charge in [0.2, 0.25) is 0 Å². The number of hydrogen-bond acceptors (Lipinski definition) is 4. The molecule has 0 aliphatic carbocycles. The van der Waals surface area contributed by atoms with Crippen LogP contribution >= 0.6 is 0 Å². The quantitative estimate of drug-likeness (QED) is 0.807. The number of rotatable bonds is 6. The molecular formula is C19H23NO3S. The van der Waals surface area contributed by atoms with Gasteiger partial charge in [-0.25, -0.2) is 8.42 Å². The molecule has 0 saturated carbocycles. The second-order valence-electron chi connectivity index (χ2n) is 6.02. The molecule has 1 heterocycles. The number of morpholine rings is 1. The van der Waals surface area contributed by atoms with Crippen molar-refractivity contribution in [3.05, 3.63) is 71.8 Å². The zero-order valence-corrected chi connectivity index (χ0v) is 14.5. The van der Waals surface area contributed by atoms with E-state index in [0.29, 0.717) is 19.8 Å². The third-order valence-electron chi connectivity index (χ3n) is 4.36. The van der Waals surface area contributed by atoms with Crippen LogP contribution in [0, 0.1) is 0 Å². The maximum absolute atomic E-state index is 13.1. The van der Waals surface area contributed by atoms with Crippen molar-refractivity contribution in [2.45, 2.75) is 5.25 Å². The average molecular weight is 345 g/mol. The molecule has 1 fully saturated rings. The van der Waals surface area contributed by atoms with E-state index in [4.69, 9.17) is 4.74 Å². The van der Waals surface area contributed by atoms with Gasteiger partial charge < -0.3 is 4.74 Å². The molecule has 0 aromatic heterocycles. The first-order valence-corrected chi connectivity index (χ1v) is 10.00. The third kappa shape index (κ3) is 4.23. The van der Waals surface area contributed by atoms with Crippen LogP contribution in [0.3, 0.4) is 0 Å².